The van der Waals surface area contributed by atoms with Gasteiger partial charge in [-0.2, -0.15) is 0 Å². The Kier molecular flexibility index (Phi) is 6.23. The van der Waals surface area contributed by atoms with Crippen molar-refractivity contribution < 1.29 is 9.53 Å². The normalized spacial score (nSPS) is 34.6. The Bertz CT molecular complexity index is 1190. The molecule has 192 valence electrons. The zero-order valence-corrected chi connectivity index (χ0v) is 23.2. The van der Waals surface area contributed by atoms with Crippen LogP contribution in [0.2, 0.25) is 5.02 Å². The first-order chi connectivity index (χ1) is 17.3. The lowest BCUT2D eigenvalue weighted by atomic mass is 9.48. The number of hydrogen-bond acceptors (Lipinski definition) is 5. The van der Waals surface area contributed by atoms with Gasteiger partial charge in [0.15, 0.2) is 5.13 Å². The molecule has 2 saturated carbocycles. The highest BCUT2D eigenvalue weighted by Gasteiger charge is 2.60. The van der Waals surface area contributed by atoms with Crippen molar-refractivity contribution in [3.8, 4) is 0 Å². The number of hydrogen-bond donors (Lipinski definition) is 1. The summed E-state index contributed by atoms with van der Waals surface area (Å²) >= 11 is 7.87. The summed E-state index contributed by atoms with van der Waals surface area (Å²) < 4.78 is 6.07. The molecule has 1 aromatic carbocycles. The number of carbonyl (C=O) groups is 1. The van der Waals surface area contributed by atoms with Gasteiger partial charge >= 0.3 is 5.97 Å². The van der Waals surface area contributed by atoms with Gasteiger partial charge in [-0.1, -0.05) is 49.8 Å². The van der Waals surface area contributed by atoms with Crippen LogP contribution in [0.25, 0.3) is 5.57 Å². The van der Waals surface area contributed by atoms with Crippen molar-refractivity contribution in [1.82, 2.24) is 4.98 Å². The van der Waals surface area contributed by atoms with Gasteiger partial charge in [0.1, 0.15) is 6.10 Å². The molecule has 4 aliphatic carbocycles. The molecule has 6 heteroatoms. The summed E-state index contributed by atoms with van der Waals surface area (Å²) in [7, 11) is 0. The van der Waals surface area contributed by atoms with Crippen molar-refractivity contribution in [2.24, 2.45) is 28.6 Å². The summed E-state index contributed by atoms with van der Waals surface area (Å²) in [5.41, 5.74) is 4.15. The molecule has 1 heterocycles. The summed E-state index contributed by atoms with van der Waals surface area (Å²) in [4.78, 5) is 18.7. The van der Waals surface area contributed by atoms with Crippen molar-refractivity contribution in [3.63, 3.8) is 0 Å². The Morgan fingerprint density at radius 3 is 2.75 bits per heavy atom. The summed E-state index contributed by atoms with van der Waals surface area (Å²) in [6.07, 6.45) is 12.1. The number of fused-ring (bicyclic) bond motifs is 7. The largest absolute Gasteiger partial charge is 0.462 e. The molecule has 0 radical (unpaired) electrons. The lowest BCUT2D eigenvalue weighted by Crippen LogP contribution is -2.50. The average molecular weight is 525 g/mol. The van der Waals surface area contributed by atoms with Gasteiger partial charge in [-0.3, -0.25) is 4.79 Å². The predicted molar refractivity (Wildman–Crippen MR) is 148 cm³/mol. The molecule has 4 aliphatic rings. The van der Waals surface area contributed by atoms with Gasteiger partial charge in [0.25, 0.3) is 0 Å². The van der Waals surface area contributed by atoms with Crippen LogP contribution in [0.5, 0.6) is 0 Å². The van der Waals surface area contributed by atoms with Gasteiger partial charge in [0, 0.05) is 22.5 Å². The number of anilines is 2. The molecule has 0 bridgehead atoms. The Morgan fingerprint density at radius 2 is 1.97 bits per heavy atom. The minimum Gasteiger partial charge on any atom is -0.462 e. The lowest BCUT2D eigenvalue weighted by molar-refractivity contribution is -0.159. The Morgan fingerprint density at radius 1 is 1.17 bits per heavy atom. The minimum atomic E-state index is -0.00249. The Labute approximate surface area is 223 Å². The fraction of sp³-hybridized carbons (Fsp3) is 0.600. The monoisotopic (exact) mass is 524 g/mol. The molecule has 0 aliphatic heterocycles. The number of ether oxygens (including phenoxy) is 1. The lowest BCUT2D eigenvalue weighted by Gasteiger charge is -2.56. The number of allylic oxidation sites excluding steroid dienone is 2. The third-order valence-electron chi connectivity index (χ3n) is 10.0. The number of benzene rings is 1. The quantitative estimate of drug-likeness (QED) is 0.399. The van der Waals surface area contributed by atoms with Gasteiger partial charge in [-0.25, -0.2) is 4.98 Å². The number of halogens is 1. The SMILES string of the molecule is CCCC(=O)O[C@H]1CC[C@H]2[C@@H]3CC=C4c5sc(Nc6ccc(Cl)cc6)nc5CC[C@]4(C)[C@H]3CC[C@]12C. The predicted octanol–water partition coefficient (Wildman–Crippen LogP) is 8.43. The van der Waals surface area contributed by atoms with Crippen molar-refractivity contribution in [2.45, 2.75) is 84.7 Å². The Balaban J connectivity index is 1.25. The van der Waals surface area contributed by atoms with E-state index < -0.39 is 0 Å². The van der Waals surface area contributed by atoms with Gasteiger partial charge in [-0.15, -0.1) is 0 Å². The molecule has 0 saturated heterocycles. The van der Waals surface area contributed by atoms with Crippen LogP contribution in [-0.4, -0.2) is 17.1 Å². The minimum absolute atomic E-state index is 0.00249. The summed E-state index contributed by atoms with van der Waals surface area (Å²) in [5, 5.41) is 5.21. The molecule has 0 spiro atoms. The van der Waals surface area contributed by atoms with Gasteiger partial charge in [-0.05, 0) is 104 Å². The van der Waals surface area contributed by atoms with E-state index in [1.54, 1.807) is 5.57 Å². The van der Waals surface area contributed by atoms with E-state index in [1.165, 1.54) is 36.3 Å². The van der Waals surface area contributed by atoms with Crippen molar-refractivity contribution in [1.29, 1.82) is 0 Å². The molecular formula is C30H37ClN2O2S. The van der Waals surface area contributed by atoms with Crippen LogP contribution in [0.15, 0.2) is 30.3 Å². The second-order valence-corrected chi connectivity index (χ2v) is 13.4. The fourth-order valence-electron chi connectivity index (χ4n) is 8.15. The first-order valence-corrected chi connectivity index (χ1v) is 14.9. The van der Waals surface area contributed by atoms with Crippen LogP contribution in [0.4, 0.5) is 10.8 Å². The highest BCUT2D eigenvalue weighted by atomic mass is 35.5. The second kappa shape index (κ2) is 9.16. The van der Waals surface area contributed by atoms with E-state index in [0.29, 0.717) is 24.2 Å². The van der Waals surface area contributed by atoms with Crippen LogP contribution >= 0.6 is 22.9 Å². The first-order valence-electron chi connectivity index (χ1n) is 13.7. The van der Waals surface area contributed by atoms with E-state index in [0.717, 1.165) is 41.5 Å². The topological polar surface area (TPSA) is 51.2 Å². The maximum Gasteiger partial charge on any atom is 0.306 e. The second-order valence-electron chi connectivity index (χ2n) is 11.9. The molecule has 2 aromatic rings. The van der Waals surface area contributed by atoms with E-state index in [1.807, 2.05) is 42.5 Å². The molecule has 1 aromatic heterocycles. The number of aryl methyl sites for hydroxylation is 1. The summed E-state index contributed by atoms with van der Waals surface area (Å²) in [5.74, 6) is 2.03. The molecule has 1 N–H and O–H groups in total. The van der Waals surface area contributed by atoms with Crippen LogP contribution in [-0.2, 0) is 16.0 Å². The van der Waals surface area contributed by atoms with E-state index in [2.05, 4.69) is 25.2 Å². The van der Waals surface area contributed by atoms with E-state index in [-0.39, 0.29) is 22.9 Å². The molecule has 0 amide bonds. The zero-order valence-electron chi connectivity index (χ0n) is 21.6. The Hall–Kier alpha value is -1.85. The molecule has 4 nitrogen and oxygen atoms in total. The molecule has 6 rings (SSSR count). The van der Waals surface area contributed by atoms with E-state index in [9.17, 15) is 4.79 Å². The number of nitrogens with one attached hydrogen (secondary N) is 1. The van der Waals surface area contributed by atoms with E-state index >= 15 is 0 Å². The third kappa shape index (κ3) is 3.93. The average Bonchev–Trinajstić information content (AvgIpc) is 3.41. The molecule has 6 atom stereocenters. The smallest absolute Gasteiger partial charge is 0.306 e. The highest BCUT2D eigenvalue weighted by molar-refractivity contribution is 7.16. The number of esters is 1. The number of carbonyl (C=O) groups excluding carboxylic acids is 1. The van der Waals surface area contributed by atoms with Gasteiger partial charge in [0.05, 0.1) is 10.6 Å². The van der Waals surface area contributed by atoms with Crippen LogP contribution < -0.4 is 5.32 Å². The van der Waals surface area contributed by atoms with Crippen LogP contribution in [0.3, 0.4) is 0 Å². The standard InChI is InChI=1S/C30H37ClN2O2S/c1-4-5-26(34)35-25-13-12-21-20-10-11-23-27-24(15-17-29(23,2)22(20)14-16-30(21,25)3)33-28(36-27)32-19-8-6-18(31)7-9-19/h6-9,11,20-22,25H,4-5,10,12-17H2,1-3H3,(H,32,33)/t20-,21-,22-,25-,29+,30-/m0/s1. The number of thiazole rings is 1. The van der Waals surface area contributed by atoms with Crippen LogP contribution in [0, 0.1) is 28.6 Å². The molecular weight excluding hydrogens is 488 g/mol. The maximum absolute atomic E-state index is 12.3. The van der Waals surface area contributed by atoms with Gasteiger partial charge in [0.2, 0.25) is 0 Å². The number of aromatic nitrogens is 1. The number of rotatable bonds is 5. The van der Waals surface area contributed by atoms with Crippen molar-refractivity contribution in [2.75, 3.05) is 5.32 Å². The fourth-order valence-corrected chi connectivity index (χ4v) is 9.49. The van der Waals surface area contributed by atoms with E-state index in [4.69, 9.17) is 21.3 Å². The molecule has 0 unspecified atom stereocenters. The van der Waals surface area contributed by atoms with Crippen LogP contribution in [0.1, 0.15) is 82.7 Å². The maximum atomic E-state index is 12.3. The summed E-state index contributed by atoms with van der Waals surface area (Å²) in [6, 6.07) is 7.83. The molecule has 2 fully saturated rings. The first kappa shape index (κ1) is 24.5. The number of nitrogens with zero attached hydrogens (tertiary/aromatic N) is 1. The molecule has 36 heavy (non-hydrogen) atoms. The third-order valence-corrected chi connectivity index (χ3v) is 11.3. The van der Waals surface area contributed by atoms with Crippen molar-refractivity contribution in [3.05, 3.63) is 45.9 Å². The van der Waals surface area contributed by atoms with Gasteiger partial charge < -0.3 is 10.1 Å². The van der Waals surface area contributed by atoms with Crippen molar-refractivity contribution >= 4 is 45.3 Å². The highest BCUT2D eigenvalue weighted by Crippen LogP contribution is 2.66. The summed E-state index contributed by atoms with van der Waals surface area (Å²) in [6.45, 7) is 7.00. The zero-order chi connectivity index (χ0) is 25.1.